The number of nitrogens with two attached hydrogens (primary N) is 1. The molecule has 1 aliphatic rings. The fourth-order valence-electron chi connectivity index (χ4n) is 3.43. The minimum Gasteiger partial charge on any atom is -0.365 e. The minimum absolute atomic E-state index is 0.0275. The molecule has 3 rings (SSSR count). The summed E-state index contributed by atoms with van der Waals surface area (Å²) in [6, 6.07) is 1.39. The first-order chi connectivity index (χ1) is 12.0. The predicted molar refractivity (Wildman–Crippen MR) is 97.9 cm³/mol. The van der Waals surface area contributed by atoms with Crippen LogP contribution in [0.5, 0.6) is 0 Å². The minimum atomic E-state index is -0.723. The number of aromatic nitrogens is 2. The molecule has 1 fully saturated rings. The van der Waals surface area contributed by atoms with Crippen LogP contribution >= 0.6 is 11.3 Å². The Balaban J connectivity index is 1.97. The highest BCUT2D eigenvalue weighted by Gasteiger charge is 2.28. The number of anilines is 3. The lowest BCUT2D eigenvalue weighted by molar-refractivity contribution is 0.100. The maximum atomic E-state index is 14.7. The standard InChI is InChI=1S/C17H22FN5OS/c1-10-5-3-4-6-13(10)23(2)17-12(18)7-11(15(19)24)16(22-17)21-14-8-20-9-25-14/h7-10,13H,3-6H2,1-2H3,(H2,19,24)(H,21,22). The number of hydrogen-bond donors (Lipinski definition) is 2. The van der Waals surface area contributed by atoms with Crippen molar-refractivity contribution in [1.29, 1.82) is 0 Å². The molecule has 0 bridgehead atoms. The van der Waals surface area contributed by atoms with Crippen LogP contribution in [0.3, 0.4) is 0 Å². The third-order valence-electron chi connectivity index (χ3n) is 4.79. The van der Waals surface area contributed by atoms with Gasteiger partial charge in [-0.25, -0.2) is 9.37 Å². The van der Waals surface area contributed by atoms with Gasteiger partial charge in [0.05, 0.1) is 17.3 Å². The SMILES string of the molecule is CC1CCCCC1N(C)c1nc(Nc2cncs2)c(C(N)=O)cc1F. The van der Waals surface area contributed by atoms with Crippen molar-refractivity contribution in [1.82, 2.24) is 9.97 Å². The fourth-order valence-corrected chi connectivity index (χ4v) is 3.95. The van der Waals surface area contributed by atoms with Crippen molar-refractivity contribution < 1.29 is 9.18 Å². The second-order valence-electron chi connectivity index (χ2n) is 6.48. The Hall–Kier alpha value is -2.22. The quantitative estimate of drug-likeness (QED) is 0.849. The summed E-state index contributed by atoms with van der Waals surface area (Å²) in [5.74, 6) is -0.310. The summed E-state index contributed by atoms with van der Waals surface area (Å²) in [5.41, 5.74) is 7.08. The summed E-state index contributed by atoms with van der Waals surface area (Å²) in [6.07, 6.45) is 6.09. The summed E-state index contributed by atoms with van der Waals surface area (Å²) < 4.78 is 14.7. The number of carbonyl (C=O) groups excluding carboxylic acids is 1. The molecule has 2 aromatic heterocycles. The van der Waals surface area contributed by atoms with Crippen LogP contribution in [0.4, 0.5) is 21.0 Å². The molecule has 3 N–H and O–H groups in total. The van der Waals surface area contributed by atoms with E-state index in [0.717, 1.165) is 25.3 Å². The number of thiazole rings is 1. The van der Waals surface area contributed by atoms with E-state index in [1.165, 1.54) is 17.8 Å². The summed E-state index contributed by atoms with van der Waals surface area (Å²) in [4.78, 5) is 22.0. The van der Waals surface area contributed by atoms with Crippen molar-refractivity contribution >= 4 is 33.9 Å². The zero-order valence-electron chi connectivity index (χ0n) is 14.3. The van der Waals surface area contributed by atoms with E-state index in [-0.39, 0.29) is 23.2 Å². The molecular formula is C17H22FN5OS. The van der Waals surface area contributed by atoms with Gasteiger partial charge in [-0.15, -0.1) is 11.3 Å². The highest BCUT2D eigenvalue weighted by Crippen LogP contribution is 2.33. The Morgan fingerprint density at radius 1 is 1.44 bits per heavy atom. The molecular weight excluding hydrogens is 341 g/mol. The van der Waals surface area contributed by atoms with Gasteiger partial charge in [0.15, 0.2) is 11.6 Å². The van der Waals surface area contributed by atoms with Crippen LogP contribution in [0.1, 0.15) is 43.0 Å². The van der Waals surface area contributed by atoms with E-state index in [2.05, 4.69) is 22.2 Å². The number of hydrogen-bond acceptors (Lipinski definition) is 6. The average Bonchev–Trinajstić information content (AvgIpc) is 3.09. The van der Waals surface area contributed by atoms with Gasteiger partial charge < -0.3 is 16.0 Å². The molecule has 0 saturated heterocycles. The van der Waals surface area contributed by atoms with Gasteiger partial charge in [0.1, 0.15) is 10.8 Å². The van der Waals surface area contributed by atoms with Crippen LogP contribution in [0, 0.1) is 11.7 Å². The third kappa shape index (κ3) is 3.73. The first kappa shape index (κ1) is 17.6. The van der Waals surface area contributed by atoms with Crippen molar-refractivity contribution in [2.75, 3.05) is 17.3 Å². The highest BCUT2D eigenvalue weighted by atomic mass is 32.1. The van der Waals surface area contributed by atoms with Crippen molar-refractivity contribution in [3.8, 4) is 0 Å². The van der Waals surface area contributed by atoms with E-state index in [0.29, 0.717) is 10.9 Å². The van der Waals surface area contributed by atoms with Crippen LogP contribution in [-0.2, 0) is 0 Å². The van der Waals surface area contributed by atoms with E-state index < -0.39 is 11.7 Å². The molecule has 0 spiro atoms. The molecule has 6 nitrogen and oxygen atoms in total. The maximum absolute atomic E-state index is 14.7. The lowest BCUT2D eigenvalue weighted by Gasteiger charge is -2.37. The molecule has 1 aliphatic carbocycles. The second kappa shape index (κ2) is 7.35. The van der Waals surface area contributed by atoms with Gasteiger partial charge in [-0.2, -0.15) is 0 Å². The lowest BCUT2D eigenvalue weighted by Crippen LogP contribution is -2.40. The van der Waals surface area contributed by atoms with Crippen molar-refractivity contribution in [2.24, 2.45) is 11.7 Å². The topological polar surface area (TPSA) is 84.1 Å². The van der Waals surface area contributed by atoms with Gasteiger partial charge >= 0.3 is 0 Å². The number of pyridine rings is 1. The van der Waals surface area contributed by atoms with Crippen LogP contribution in [0.25, 0.3) is 0 Å². The number of nitrogens with one attached hydrogen (secondary N) is 1. The number of rotatable bonds is 5. The smallest absolute Gasteiger partial charge is 0.252 e. The molecule has 1 saturated carbocycles. The van der Waals surface area contributed by atoms with E-state index >= 15 is 0 Å². The lowest BCUT2D eigenvalue weighted by atomic mass is 9.85. The van der Waals surface area contributed by atoms with Crippen molar-refractivity contribution in [3.05, 3.63) is 29.2 Å². The van der Waals surface area contributed by atoms with Crippen LogP contribution < -0.4 is 16.0 Å². The van der Waals surface area contributed by atoms with E-state index in [1.807, 2.05) is 11.9 Å². The molecule has 0 aromatic carbocycles. The monoisotopic (exact) mass is 363 g/mol. The zero-order valence-corrected chi connectivity index (χ0v) is 15.1. The third-order valence-corrected chi connectivity index (χ3v) is 5.48. The second-order valence-corrected chi connectivity index (χ2v) is 7.37. The molecule has 0 aliphatic heterocycles. The van der Waals surface area contributed by atoms with E-state index in [4.69, 9.17) is 5.73 Å². The molecule has 2 aromatic rings. The van der Waals surface area contributed by atoms with Gasteiger partial charge in [0.2, 0.25) is 0 Å². The van der Waals surface area contributed by atoms with Crippen LogP contribution in [-0.4, -0.2) is 29.0 Å². The van der Waals surface area contributed by atoms with Crippen LogP contribution in [0.2, 0.25) is 0 Å². The Morgan fingerprint density at radius 2 is 2.20 bits per heavy atom. The fraction of sp³-hybridized carbons (Fsp3) is 0.471. The summed E-state index contributed by atoms with van der Waals surface area (Å²) in [5, 5.41) is 3.73. The summed E-state index contributed by atoms with van der Waals surface area (Å²) >= 11 is 1.36. The first-order valence-electron chi connectivity index (χ1n) is 8.36. The van der Waals surface area contributed by atoms with Crippen molar-refractivity contribution in [3.63, 3.8) is 0 Å². The van der Waals surface area contributed by atoms with Gasteiger partial charge in [-0.3, -0.25) is 9.78 Å². The Labute approximate surface area is 150 Å². The molecule has 2 atom stereocenters. The molecule has 2 unspecified atom stereocenters. The average molecular weight is 363 g/mol. The molecule has 0 radical (unpaired) electrons. The van der Waals surface area contributed by atoms with Crippen molar-refractivity contribution in [2.45, 2.75) is 38.6 Å². The summed E-state index contributed by atoms with van der Waals surface area (Å²) in [6.45, 7) is 2.19. The van der Waals surface area contributed by atoms with Gasteiger partial charge in [0.25, 0.3) is 5.91 Å². The Morgan fingerprint density at radius 3 is 2.84 bits per heavy atom. The number of amides is 1. The van der Waals surface area contributed by atoms with Gasteiger partial charge in [-0.05, 0) is 24.8 Å². The predicted octanol–water partition coefficient (Wildman–Crippen LogP) is 3.53. The Bertz CT molecular complexity index is 752. The maximum Gasteiger partial charge on any atom is 0.252 e. The van der Waals surface area contributed by atoms with Crippen LogP contribution in [0.15, 0.2) is 17.8 Å². The molecule has 1 amide bonds. The highest BCUT2D eigenvalue weighted by molar-refractivity contribution is 7.13. The molecule has 8 heteroatoms. The van der Waals surface area contributed by atoms with E-state index in [1.54, 1.807) is 11.7 Å². The first-order valence-corrected chi connectivity index (χ1v) is 9.24. The summed E-state index contributed by atoms with van der Waals surface area (Å²) in [7, 11) is 1.86. The largest absolute Gasteiger partial charge is 0.365 e. The number of carbonyl (C=O) groups is 1. The van der Waals surface area contributed by atoms with Gasteiger partial charge in [0, 0.05) is 13.1 Å². The number of halogens is 1. The zero-order chi connectivity index (χ0) is 18.0. The number of nitrogens with zero attached hydrogens (tertiary/aromatic N) is 3. The number of primary amides is 1. The van der Waals surface area contributed by atoms with Gasteiger partial charge in [-0.1, -0.05) is 19.8 Å². The molecule has 25 heavy (non-hydrogen) atoms. The molecule has 2 heterocycles. The van der Waals surface area contributed by atoms with E-state index in [9.17, 15) is 9.18 Å². The Kier molecular flexibility index (Phi) is 5.17. The normalized spacial score (nSPS) is 20.3. The molecule has 134 valence electrons.